The average molecular weight is 268 g/mol. The van der Waals surface area contributed by atoms with Crippen LogP contribution in [0.4, 0.5) is 5.69 Å². The van der Waals surface area contributed by atoms with E-state index in [1.54, 1.807) is 0 Å². The molecule has 0 aliphatic carbocycles. The lowest BCUT2D eigenvalue weighted by atomic mass is 9.93. The molecule has 0 unspecified atom stereocenters. The first-order valence-electron chi connectivity index (χ1n) is 6.03. The number of hydrogen-bond donors (Lipinski definition) is 1. The van der Waals surface area contributed by atoms with E-state index in [2.05, 4.69) is 5.32 Å². The Morgan fingerprint density at radius 3 is 2.79 bits per heavy atom. The number of nitrogens with one attached hydrogen (secondary N) is 1. The zero-order valence-corrected chi connectivity index (χ0v) is 11.2. The predicted molar refractivity (Wildman–Crippen MR) is 82.6 cm³/mol. The molecule has 2 nitrogen and oxygen atoms in total. The Labute approximate surface area is 117 Å². The quantitative estimate of drug-likeness (QED) is 0.622. The van der Waals surface area contributed by atoms with Crippen LogP contribution in [-0.4, -0.2) is 13.8 Å². The van der Waals surface area contributed by atoms with Crippen LogP contribution in [0.15, 0.2) is 42.5 Å². The lowest BCUT2D eigenvalue weighted by molar-refractivity contribution is -0.110. The minimum atomic E-state index is -0.0689. The predicted octanol–water partition coefficient (Wildman–Crippen LogP) is 2.09. The van der Waals surface area contributed by atoms with Crippen molar-refractivity contribution in [2.24, 2.45) is 0 Å². The highest BCUT2D eigenvalue weighted by molar-refractivity contribution is 6.37. The molecule has 0 saturated heterocycles. The summed E-state index contributed by atoms with van der Waals surface area (Å²) >= 11 is 5.96. The van der Waals surface area contributed by atoms with Crippen molar-refractivity contribution in [1.82, 2.24) is 0 Å². The Kier molecular flexibility index (Phi) is 2.92. The fourth-order valence-corrected chi connectivity index (χ4v) is 2.41. The summed E-state index contributed by atoms with van der Waals surface area (Å²) in [5, 5.41) is 3.55. The van der Waals surface area contributed by atoms with Crippen LogP contribution in [-0.2, 0) is 4.79 Å². The standard InChI is InChI=1S/C15H11BClNO/c16-10-4-5-12-13(15(19)18-14(12)8-10)7-9-2-1-3-11(17)6-9/h1-8H,16H2,(H,18,19). The second kappa shape index (κ2) is 4.59. The van der Waals surface area contributed by atoms with Crippen molar-refractivity contribution < 1.29 is 4.79 Å². The maximum atomic E-state index is 12.0. The van der Waals surface area contributed by atoms with Gasteiger partial charge in [0.25, 0.3) is 5.91 Å². The minimum absolute atomic E-state index is 0.0689. The fraction of sp³-hybridized carbons (Fsp3) is 0. The van der Waals surface area contributed by atoms with Gasteiger partial charge in [0, 0.05) is 21.8 Å². The number of fused-ring (bicyclic) bond motifs is 1. The molecule has 19 heavy (non-hydrogen) atoms. The molecule has 0 spiro atoms. The first kappa shape index (κ1) is 12.1. The number of halogens is 1. The molecule has 3 rings (SSSR count). The van der Waals surface area contributed by atoms with Crippen molar-refractivity contribution in [3.05, 3.63) is 58.6 Å². The van der Waals surface area contributed by atoms with Gasteiger partial charge in [-0.2, -0.15) is 0 Å². The number of hydrogen-bond acceptors (Lipinski definition) is 1. The first-order valence-corrected chi connectivity index (χ1v) is 6.41. The Morgan fingerprint density at radius 1 is 1.16 bits per heavy atom. The molecule has 1 N–H and O–H groups in total. The summed E-state index contributed by atoms with van der Waals surface area (Å²) in [5.74, 6) is -0.0689. The molecule has 2 aromatic carbocycles. The summed E-state index contributed by atoms with van der Waals surface area (Å²) in [6.07, 6.45) is 1.86. The topological polar surface area (TPSA) is 29.1 Å². The normalized spacial score (nSPS) is 15.4. The average Bonchev–Trinajstić information content (AvgIpc) is 2.65. The molecular weight excluding hydrogens is 256 g/mol. The van der Waals surface area contributed by atoms with Crippen LogP contribution in [0.2, 0.25) is 5.02 Å². The summed E-state index contributed by atoms with van der Waals surface area (Å²) < 4.78 is 0. The summed E-state index contributed by atoms with van der Waals surface area (Å²) in [7, 11) is 2.01. The van der Waals surface area contributed by atoms with Crippen LogP contribution in [0.25, 0.3) is 11.6 Å². The Balaban J connectivity index is 2.09. The SMILES string of the molecule is Bc1ccc2c(c1)NC(=O)C2=Cc1cccc(Cl)c1. The van der Waals surface area contributed by atoms with Gasteiger partial charge in [0.2, 0.25) is 0 Å². The van der Waals surface area contributed by atoms with Crippen LogP contribution in [0, 0.1) is 0 Å². The Hall–Kier alpha value is -2.00. The maximum absolute atomic E-state index is 12.0. The van der Waals surface area contributed by atoms with Crippen LogP contribution < -0.4 is 10.8 Å². The molecule has 0 radical (unpaired) electrons. The minimum Gasteiger partial charge on any atom is -0.321 e. The third-order valence-corrected chi connectivity index (χ3v) is 3.35. The van der Waals surface area contributed by atoms with Crippen molar-refractivity contribution in [2.45, 2.75) is 0 Å². The molecule has 0 aromatic heterocycles. The number of benzene rings is 2. The molecule has 1 aliphatic heterocycles. The fourth-order valence-electron chi connectivity index (χ4n) is 2.21. The number of rotatable bonds is 1. The van der Waals surface area contributed by atoms with Crippen molar-refractivity contribution in [3.8, 4) is 0 Å². The number of anilines is 1. The Bertz CT molecular complexity index is 709. The van der Waals surface area contributed by atoms with Crippen molar-refractivity contribution in [2.75, 3.05) is 5.32 Å². The molecule has 92 valence electrons. The molecule has 2 aromatic rings. The van der Waals surface area contributed by atoms with Gasteiger partial charge in [-0.1, -0.05) is 41.3 Å². The van der Waals surface area contributed by atoms with Crippen LogP contribution >= 0.6 is 11.6 Å². The van der Waals surface area contributed by atoms with E-state index in [4.69, 9.17) is 11.6 Å². The second-order valence-corrected chi connectivity index (χ2v) is 5.05. The third kappa shape index (κ3) is 2.29. The lowest BCUT2D eigenvalue weighted by Crippen LogP contribution is -2.05. The van der Waals surface area contributed by atoms with Crippen molar-refractivity contribution in [3.63, 3.8) is 0 Å². The maximum Gasteiger partial charge on any atom is 0.256 e. The summed E-state index contributed by atoms with van der Waals surface area (Å²) in [6, 6.07) is 13.4. The third-order valence-electron chi connectivity index (χ3n) is 3.12. The molecule has 4 heteroatoms. The van der Waals surface area contributed by atoms with E-state index in [1.165, 1.54) is 0 Å². The van der Waals surface area contributed by atoms with Crippen LogP contribution in [0.5, 0.6) is 0 Å². The van der Waals surface area contributed by atoms with Gasteiger partial charge in [0.1, 0.15) is 7.85 Å². The first-order chi connectivity index (χ1) is 9.13. The lowest BCUT2D eigenvalue weighted by Gasteiger charge is -2.00. The highest BCUT2D eigenvalue weighted by Crippen LogP contribution is 2.32. The highest BCUT2D eigenvalue weighted by Gasteiger charge is 2.23. The smallest absolute Gasteiger partial charge is 0.256 e. The van der Waals surface area contributed by atoms with Gasteiger partial charge in [-0.3, -0.25) is 4.79 Å². The number of amides is 1. The van der Waals surface area contributed by atoms with Gasteiger partial charge in [-0.15, -0.1) is 0 Å². The van der Waals surface area contributed by atoms with Gasteiger partial charge in [-0.25, -0.2) is 0 Å². The largest absolute Gasteiger partial charge is 0.321 e. The molecule has 1 aliphatic rings. The molecule has 0 bridgehead atoms. The molecular formula is C15H11BClNO. The molecule has 0 saturated carbocycles. The van der Waals surface area contributed by atoms with Gasteiger partial charge in [0.05, 0.1) is 0 Å². The monoisotopic (exact) mass is 267 g/mol. The van der Waals surface area contributed by atoms with E-state index in [0.717, 1.165) is 22.3 Å². The number of carbonyl (C=O) groups excluding carboxylic acids is 1. The van der Waals surface area contributed by atoms with Crippen LogP contribution in [0.1, 0.15) is 11.1 Å². The van der Waals surface area contributed by atoms with Gasteiger partial charge in [-0.05, 0) is 29.8 Å². The van der Waals surface area contributed by atoms with Gasteiger partial charge < -0.3 is 5.32 Å². The highest BCUT2D eigenvalue weighted by atomic mass is 35.5. The second-order valence-electron chi connectivity index (χ2n) is 4.62. The Morgan fingerprint density at radius 2 is 2.00 bits per heavy atom. The van der Waals surface area contributed by atoms with E-state index in [9.17, 15) is 4.79 Å². The molecule has 1 heterocycles. The number of carbonyl (C=O) groups is 1. The van der Waals surface area contributed by atoms with Gasteiger partial charge in [0.15, 0.2) is 0 Å². The zero-order valence-electron chi connectivity index (χ0n) is 10.4. The molecule has 1 amide bonds. The van der Waals surface area contributed by atoms with E-state index < -0.39 is 0 Å². The molecule has 0 atom stereocenters. The van der Waals surface area contributed by atoms with Gasteiger partial charge >= 0.3 is 0 Å². The van der Waals surface area contributed by atoms with E-state index in [1.807, 2.05) is 56.4 Å². The molecule has 0 fully saturated rings. The summed E-state index contributed by atoms with van der Waals surface area (Å²) in [4.78, 5) is 12.0. The van der Waals surface area contributed by atoms with E-state index in [0.29, 0.717) is 10.6 Å². The van der Waals surface area contributed by atoms with Crippen molar-refractivity contribution in [1.29, 1.82) is 0 Å². The zero-order chi connectivity index (χ0) is 13.4. The van der Waals surface area contributed by atoms with E-state index >= 15 is 0 Å². The summed E-state index contributed by atoms with van der Waals surface area (Å²) in [6.45, 7) is 0. The summed E-state index contributed by atoms with van der Waals surface area (Å²) in [5.41, 5.74) is 4.54. The van der Waals surface area contributed by atoms with Crippen molar-refractivity contribution >= 4 is 48.2 Å². The van der Waals surface area contributed by atoms with E-state index in [-0.39, 0.29) is 5.91 Å². The van der Waals surface area contributed by atoms with Crippen LogP contribution in [0.3, 0.4) is 0 Å².